The lowest BCUT2D eigenvalue weighted by Crippen LogP contribution is -2.57. The van der Waals surface area contributed by atoms with Gasteiger partial charge in [0.05, 0.1) is 28.1 Å². The Hall–Kier alpha value is -2.35. The van der Waals surface area contributed by atoms with Gasteiger partial charge >= 0.3 is 0 Å². The minimum absolute atomic E-state index is 0.138. The van der Waals surface area contributed by atoms with E-state index < -0.39 is 11.8 Å². The van der Waals surface area contributed by atoms with E-state index in [4.69, 9.17) is 27.1 Å². The van der Waals surface area contributed by atoms with Crippen molar-refractivity contribution in [3.05, 3.63) is 52.8 Å². The molecule has 2 aromatic rings. The molecule has 2 aliphatic rings. The number of nitrogens with one attached hydrogen (secondary N) is 1. The number of ether oxygens (including phenoxy) is 1. The van der Waals surface area contributed by atoms with Crippen molar-refractivity contribution in [2.24, 2.45) is 10.7 Å². The van der Waals surface area contributed by atoms with Crippen molar-refractivity contribution in [3.63, 3.8) is 0 Å². The molecule has 4 rings (SSSR count). The minimum atomic E-state index is -0.732. The summed E-state index contributed by atoms with van der Waals surface area (Å²) in [5.41, 5.74) is 9.00. The van der Waals surface area contributed by atoms with Gasteiger partial charge in [0, 0.05) is 36.9 Å². The maximum absolute atomic E-state index is 11.0. The van der Waals surface area contributed by atoms with Crippen LogP contribution < -0.4 is 11.1 Å². The zero-order valence-corrected chi connectivity index (χ0v) is 18.1. The maximum atomic E-state index is 11.0. The van der Waals surface area contributed by atoms with Crippen molar-refractivity contribution in [2.45, 2.75) is 50.9 Å². The van der Waals surface area contributed by atoms with E-state index in [1.165, 1.54) is 0 Å². The Morgan fingerprint density at radius 3 is 2.70 bits per heavy atom. The largest absolute Gasteiger partial charge is 0.381 e. The second kappa shape index (κ2) is 8.41. The number of anilines is 2. The normalized spacial score (nSPS) is 25.1. The maximum Gasteiger partial charge on any atom is 0.194 e. The van der Waals surface area contributed by atoms with Gasteiger partial charge in [0.1, 0.15) is 6.23 Å². The fourth-order valence-electron chi connectivity index (χ4n) is 4.27. The molecule has 4 N–H and O–H groups in total. The van der Waals surface area contributed by atoms with E-state index in [1.54, 1.807) is 6.20 Å². The first kappa shape index (κ1) is 20.9. The monoisotopic (exact) mass is 429 g/mol. The van der Waals surface area contributed by atoms with Crippen molar-refractivity contribution >= 4 is 28.9 Å². The fraction of sp³-hybridized carbons (Fsp3) is 0.455. The van der Waals surface area contributed by atoms with Crippen LogP contribution in [0.1, 0.15) is 37.4 Å². The molecular formula is C22H28ClN5O2. The molecule has 0 bridgehead atoms. The molecule has 0 saturated carbocycles. The lowest BCUT2D eigenvalue weighted by molar-refractivity contribution is -0.0377. The van der Waals surface area contributed by atoms with Crippen molar-refractivity contribution in [1.82, 2.24) is 9.88 Å². The van der Waals surface area contributed by atoms with E-state index in [1.807, 2.05) is 49.1 Å². The summed E-state index contributed by atoms with van der Waals surface area (Å²) >= 11 is 6.79. The number of pyridine rings is 1. The van der Waals surface area contributed by atoms with E-state index in [0.29, 0.717) is 30.6 Å². The average molecular weight is 430 g/mol. The Kier molecular flexibility index (Phi) is 5.86. The number of nitrogens with two attached hydrogens (primary N) is 1. The van der Waals surface area contributed by atoms with Crippen LogP contribution in [0.2, 0.25) is 5.02 Å². The van der Waals surface area contributed by atoms with Gasteiger partial charge in [-0.1, -0.05) is 23.7 Å². The van der Waals surface area contributed by atoms with Gasteiger partial charge < -0.3 is 25.8 Å². The van der Waals surface area contributed by atoms with Crippen molar-refractivity contribution < 1.29 is 9.84 Å². The Balaban J connectivity index is 1.63. The number of aliphatic hydroxyl groups is 1. The summed E-state index contributed by atoms with van der Waals surface area (Å²) in [6.45, 7) is 5.25. The van der Waals surface area contributed by atoms with Gasteiger partial charge in [-0.25, -0.2) is 4.99 Å². The van der Waals surface area contributed by atoms with Gasteiger partial charge in [-0.15, -0.1) is 0 Å². The predicted molar refractivity (Wildman–Crippen MR) is 119 cm³/mol. The third kappa shape index (κ3) is 4.10. The van der Waals surface area contributed by atoms with Gasteiger partial charge in [-0.3, -0.25) is 4.98 Å². The summed E-state index contributed by atoms with van der Waals surface area (Å²) in [6.07, 6.45) is 3.10. The molecule has 0 spiro atoms. The highest BCUT2D eigenvalue weighted by atomic mass is 35.5. The summed E-state index contributed by atoms with van der Waals surface area (Å²) in [5.74, 6) is 0.348. The first-order valence-corrected chi connectivity index (χ1v) is 10.6. The third-order valence-corrected chi connectivity index (χ3v) is 6.29. The second-order valence-electron chi connectivity index (χ2n) is 8.16. The molecule has 1 unspecified atom stereocenters. The average Bonchev–Trinajstić information content (AvgIpc) is 2.71. The SMILES string of the molecule is Cc1ccc(Nc2cccc([C@]3(C)CC(O)N(C4CCOCC4)C(N)=N3)c2Cl)cn1. The molecule has 1 aromatic carbocycles. The topological polar surface area (TPSA) is 96.0 Å². The predicted octanol–water partition coefficient (Wildman–Crippen LogP) is 3.52. The number of aryl methyl sites for hydroxylation is 1. The number of aromatic nitrogens is 1. The van der Waals surface area contributed by atoms with Gasteiger partial charge in [-0.2, -0.15) is 0 Å². The van der Waals surface area contributed by atoms with Crippen LogP contribution in [-0.4, -0.2) is 46.4 Å². The summed E-state index contributed by atoms with van der Waals surface area (Å²) < 4.78 is 5.44. The lowest BCUT2D eigenvalue weighted by Gasteiger charge is -2.45. The highest BCUT2D eigenvalue weighted by Crippen LogP contribution is 2.42. The first-order chi connectivity index (χ1) is 14.4. The van der Waals surface area contributed by atoms with Crippen molar-refractivity contribution in [2.75, 3.05) is 18.5 Å². The number of hydrogen-bond donors (Lipinski definition) is 3. The van der Waals surface area contributed by atoms with Crippen molar-refractivity contribution in [1.29, 1.82) is 0 Å². The number of nitrogens with zero attached hydrogens (tertiary/aromatic N) is 3. The van der Waals surface area contributed by atoms with Crippen LogP contribution in [0.15, 0.2) is 41.5 Å². The van der Waals surface area contributed by atoms with E-state index in [9.17, 15) is 5.11 Å². The smallest absolute Gasteiger partial charge is 0.194 e. The van der Waals surface area contributed by atoms with E-state index in [-0.39, 0.29) is 6.04 Å². The summed E-state index contributed by atoms with van der Waals surface area (Å²) in [5, 5.41) is 14.8. The molecule has 30 heavy (non-hydrogen) atoms. The van der Waals surface area contributed by atoms with Crippen LogP contribution in [0, 0.1) is 6.92 Å². The molecule has 8 heteroatoms. The summed E-state index contributed by atoms with van der Waals surface area (Å²) in [6, 6.07) is 9.82. The van der Waals surface area contributed by atoms with Crippen molar-refractivity contribution in [3.8, 4) is 0 Å². The number of guanidine groups is 1. The Labute approximate surface area is 181 Å². The van der Waals surface area contributed by atoms with Gasteiger partial charge in [0.2, 0.25) is 0 Å². The quantitative estimate of drug-likeness (QED) is 0.688. The molecule has 0 aliphatic carbocycles. The minimum Gasteiger partial charge on any atom is -0.381 e. The van der Waals surface area contributed by atoms with E-state index in [2.05, 4.69) is 10.3 Å². The second-order valence-corrected chi connectivity index (χ2v) is 8.54. The Morgan fingerprint density at radius 1 is 1.27 bits per heavy atom. The van der Waals surface area contributed by atoms with Gasteiger partial charge in [-0.05, 0) is 44.9 Å². The molecule has 7 nitrogen and oxygen atoms in total. The van der Waals surface area contributed by atoms with Crippen LogP contribution >= 0.6 is 11.6 Å². The molecule has 1 saturated heterocycles. The highest BCUT2D eigenvalue weighted by Gasteiger charge is 2.41. The van der Waals surface area contributed by atoms with Crippen LogP contribution in [-0.2, 0) is 10.3 Å². The number of hydrogen-bond acceptors (Lipinski definition) is 7. The molecule has 0 amide bonds. The number of halogens is 1. The van der Waals surface area contributed by atoms with Gasteiger partial charge in [0.25, 0.3) is 0 Å². The fourth-order valence-corrected chi connectivity index (χ4v) is 4.65. The molecule has 2 atom stereocenters. The molecule has 3 heterocycles. The number of aliphatic imine (C=N–C) groups is 1. The summed E-state index contributed by atoms with van der Waals surface area (Å²) in [4.78, 5) is 11.0. The molecular weight excluding hydrogens is 402 g/mol. The molecule has 160 valence electrons. The first-order valence-electron chi connectivity index (χ1n) is 10.3. The molecule has 2 aliphatic heterocycles. The number of aliphatic hydroxyl groups excluding tert-OH is 1. The van der Waals surface area contributed by atoms with Crippen LogP contribution in [0.4, 0.5) is 11.4 Å². The third-order valence-electron chi connectivity index (χ3n) is 5.88. The zero-order valence-electron chi connectivity index (χ0n) is 17.3. The molecule has 1 aromatic heterocycles. The lowest BCUT2D eigenvalue weighted by atomic mass is 9.86. The number of benzene rings is 1. The van der Waals surface area contributed by atoms with E-state index >= 15 is 0 Å². The van der Waals surface area contributed by atoms with E-state index in [0.717, 1.165) is 35.5 Å². The summed E-state index contributed by atoms with van der Waals surface area (Å²) in [7, 11) is 0. The number of rotatable bonds is 4. The molecule has 0 radical (unpaired) electrons. The Bertz CT molecular complexity index is 930. The van der Waals surface area contributed by atoms with Crippen LogP contribution in [0.5, 0.6) is 0 Å². The standard InChI is InChI=1S/C22H28ClN5O2/c1-14-6-7-15(13-25-14)26-18-5-3-4-17(20(18)23)22(2)12-19(29)28(21(24)27-22)16-8-10-30-11-9-16/h3-7,13,16,19,26,29H,8-12H2,1-2H3,(H2,24,27)/t19?,22-/m0/s1. The van der Waals surface area contributed by atoms with Crippen LogP contribution in [0.3, 0.4) is 0 Å². The zero-order chi connectivity index (χ0) is 21.3. The van der Waals surface area contributed by atoms with Crippen LogP contribution in [0.25, 0.3) is 0 Å². The Morgan fingerprint density at radius 2 is 2.03 bits per heavy atom. The highest BCUT2D eigenvalue weighted by molar-refractivity contribution is 6.34. The van der Waals surface area contributed by atoms with Gasteiger partial charge in [0.15, 0.2) is 5.96 Å². The molecule has 1 fully saturated rings.